The molecule has 0 saturated carbocycles. The van der Waals surface area contributed by atoms with Gasteiger partial charge in [0.1, 0.15) is 0 Å². The van der Waals surface area contributed by atoms with Crippen molar-refractivity contribution in [1.29, 1.82) is 0 Å². The Hall–Kier alpha value is -2.22. The number of hydrogen-bond acceptors (Lipinski definition) is 4. The summed E-state index contributed by atoms with van der Waals surface area (Å²) in [6.07, 6.45) is 2.95. The molecule has 1 heterocycles. The fourth-order valence-corrected chi connectivity index (χ4v) is 5.63. The van der Waals surface area contributed by atoms with E-state index in [9.17, 15) is 13.2 Å². The van der Waals surface area contributed by atoms with Gasteiger partial charge in [0.05, 0.1) is 4.90 Å². The molecular formula is C25H35N3O3S. The first-order chi connectivity index (χ1) is 15.4. The van der Waals surface area contributed by atoms with E-state index in [1.165, 1.54) is 9.87 Å². The minimum absolute atomic E-state index is 0.0614. The van der Waals surface area contributed by atoms with Crippen molar-refractivity contribution in [3.63, 3.8) is 0 Å². The molecule has 1 fully saturated rings. The Kier molecular flexibility index (Phi) is 8.84. The van der Waals surface area contributed by atoms with E-state index >= 15 is 0 Å². The first kappa shape index (κ1) is 24.4. The molecule has 2 aromatic rings. The monoisotopic (exact) mass is 457 g/mol. The molecule has 3 rings (SSSR count). The lowest BCUT2D eigenvalue weighted by Gasteiger charge is -2.32. The second kappa shape index (κ2) is 11.6. The fraction of sp³-hybridized carbons (Fsp3) is 0.480. The molecule has 0 radical (unpaired) electrons. The number of nitrogens with zero attached hydrogens (tertiary/aromatic N) is 2. The Balaban J connectivity index is 1.41. The summed E-state index contributed by atoms with van der Waals surface area (Å²) in [4.78, 5) is 15.2. The van der Waals surface area contributed by atoms with Crippen LogP contribution in [0.3, 0.4) is 0 Å². The summed E-state index contributed by atoms with van der Waals surface area (Å²) >= 11 is 0. The number of carbonyl (C=O) groups excluding carboxylic acids is 1. The number of amides is 1. The number of carbonyl (C=O) groups is 1. The van der Waals surface area contributed by atoms with Gasteiger partial charge in [-0.1, -0.05) is 56.3 Å². The van der Waals surface area contributed by atoms with Crippen LogP contribution in [0.1, 0.15) is 44.2 Å². The van der Waals surface area contributed by atoms with E-state index in [0.717, 1.165) is 38.0 Å². The molecule has 1 aliphatic rings. The van der Waals surface area contributed by atoms with Crippen molar-refractivity contribution < 1.29 is 13.2 Å². The number of aryl methyl sites for hydroxylation is 1. The zero-order chi connectivity index (χ0) is 23.0. The Bertz CT molecular complexity index is 950. The molecule has 2 aromatic carbocycles. The third-order valence-electron chi connectivity index (χ3n) is 6.11. The van der Waals surface area contributed by atoms with Crippen LogP contribution in [0.15, 0.2) is 59.5 Å². The minimum atomic E-state index is -3.44. The second-order valence-corrected chi connectivity index (χ2v) is 10.3. The highest BCUT2D eigenvalue weighted by atomic mass is 32.2. The predicted octanol–water partition coefficient (Wildman–Crippen LogP) is 3.43. The van der Waals surface area contributed by atoms with Crippen LogP contribution in [0.5, 0.6) is 0 Å². The number of likely N-dealkylation sites (tertiary alicyclic amines) is 1. The highest BCUT2D eigenvalue weighted by Crippen LogP contribution is 2.17. The average Bonchev–Trinajstić information content (AvgIpc) is 2.80. The van der Waals surface area contributed by atoms with Gasteiger partial charge in [0.2, 0.25) is 15.9 Å². The van der Waals surface area contributed by atoms with Gasteiger partial charge in [-0.25, -0.2) is 8.42 Å². The van der Waals surface area contributed by atoms with Gasteiger partial charge < -0.3 is 5.32 Å². The molecule has 0 spiro atoms. The van der Waals surface area contributed by atoms with Gasteiger partial charge in [-0.15, -0.1) is 0 Å². The largest absolute Gasteiger partial charge is 0.353 e. The molecule has 0 unspecified atom stereocenters. The van der Waals surface area contributed by atoms with Crippen LogP contribution in [0.4, 0.5) is 0 Å². The SMILES string of the molecule is CCN(CC)S(=O)(=O)c1ccc(CCC(=O)NC2CCN(Cc3ccccc3)CC2)cc1. The van der Waals surface area contributed by atoms with Crippen molar-refractivity contribution in [3.05, 3.63) is 65.7 Å². The zero-order valence-corrected chi connectivity index (χ0v) is 20.0. The topological polar surface area (TPSA) is 69.7 Å². The summed E-state index contributed by atoms with van der Waals surface area (Å²) in [5, 5.41) is 3.17. The number of sulfonamides is 1. The van der Waals surface area contributed by atoms with Crippen molar-refractivity contribution in [3.8, 4) is 0 Å². The molecule has 0 atom stereocenters. The lowest BCUT2D eigenvalue weighted by Crippen LogP contribution is -2.44. The van der Waals surface area contributed by atoms with Crippen molar-refractivity contribution in [2.45, 2.75) is 57.0 Å². The normalized spacial score (nSPS) is 15.7. The summed E-state index contributed by atoms with van der Waals surface area (Å²) in [5.74, 6) is 0.0614. The van der Waals surface area contributed by atoms with Crippen LogP contribution in [-0.4, -0.2) is 55.8 Å². The number of hydrogen-bond donors (Lipinski definition) is 1. The van der Waals surface area contributed by atoms with Crippen molar-refractivity contribution in [2.75, 3.05) is 26.2 Å². The quantitative estimate of drug-likeness (QED) is 0.593. The maximum atomic E-state index is 12.6. The van der Waals surface area contributed by atoms with Gasteiger partial charge in [0.25, 0.3) is 0 Å². The molecule has 1 aliphatic heterocycles. The molecule has 0 aromatic heterocycles. The maximum Gasteiger partial charge on any atom is 0.243 e. The van der Waals surface area contributed by atoms with Gasteiger partial charge >= 0.3 is 0 Å². The van der Waals surface area contributed by atoms with Gasteiger partial charge in [0, 0.05) is 45.2 Å². The van der Waals surface area contributed by atoms with Crippen LogP contribution in [0, 0.1) is 0 Å². The number of nitrogens with one attached hydrogen (secondary N) is 1. The first-order valence-electron chi connectivity index (χ1n) is 11.6. The molecule has 0 aliphatic carbocycles. The van der Waals surface area contributed by atoms with Gasteiger partial charge in [-0.2, -0.15) is 4.31 Å². The number of benzene rings is 2. The predicted molar refractivity (Wildman–Crippen MR) is 128 cm³/mol. The zero-order valence-electron chi connectivity index (χ0n) is 19.2. The number of piperidine rings is 1. The molecule has 32 heavy (non-hydrogen) atoms. The van der Waals surface area contributed by atoms with E-state index in [1.54, 1.807) is 12.1 Å². The fourth-order valence-electron chi connectivity index (χ4n) is 4.18. The van der Waals surface area contributed by atoms with E-state index in [-0.39, 0.29) is 11.9 Å². The van der Waals surface area contributed by atoms with Crippen LogP contribution in [-0.2, 0) is 27.8 Å². The standard InChI is InChI=1S/C25H35N3O3S/c1-3-28(4-2)32(30,31)24-13-10-21(11-14-24)12-15-25(29)26-23-16-18-27(19-17-23)20-22-8-6-5-7-9-22/h5-11,13-14,23H,3-4,12,15-20H2,1-2H3,(H,26,29). The van der Waals surface area contributed by atoms with Crippen LogP contribution < -0.4 is 5.32 Å². The lowest BCUT2D eigenvalue weighted by atomic mass is 10.0. The van der Waals surface area contributed by atoms with E-state index in [2.05, 4.69) is 34.5 Å². The summed E-state index contributed by atoms with van der Waals surface area (Å²) in [7, 11) is -3.44. The van der Waals surface area contributed by atoms with Gasteiger partial charge in [-0.3, -0.25) is 9.69 Å². The summed E-state index contributed by atoms with van der Waals surface area (Å²) in [6.45, 7) is 7.51. The van der Waals surface area contributed by atoms with Crippen molar-refractivity contribution in [2.24, 2.45) is 0 Å². The Morgan fingerprint density at radius 1 is 0.969 bits per heavy atom. The third-order valence-corrected chi connectivity index (χ3v) is 8.17. The first-order valence-corrected chi connectivity index (χ1v) is 13.0. The van der Waals surface area contributed by atoms with Crippen molar-refractivity contribution in [1.82, 2.24) is 14.5 Å². The summed E-state index contributed by atoms with van der Waals surface area (Å²) < 4.78 is 26.6. The number of rotatable bonds is 10. The Labute approximate surface area is 192 Å². The highest BCUT2D eigenvalue weighted by molar-refractivity contribution is 7.89. The Morgan fingerprint density at radius 3 is 2.19 bits per heavy atom. The molecule has 1 amide bonds. The summed E-state index contributed by atoms with van der Waals surface area (Å²) in [5.41, 5.74) is 2.29. The third kappa shape index (κ3) is 6.64. The highest BCUT2D eigenvalue weighted by Gasteiger charge is 2.22. The van der Waals surface area contributed by atoms with Gasteiger partial charge in [0.15, 0.2) is 0 Å². The lowest BCUT2D eigenvalue weighted by molar-refractivity contribution is -0.122. The smallest absolute Gasteiger partial charge is 0.243 e. The minimum Gasteiger partial charge on any atom is -0.353 e. The van der Waals surface area contributed by atoms with E-state index in [4.69, 9.17) is 0 Å². The summed E-state index contributed by atoms with van der Waals surface area (Å²) in [6, 6.07) is 17.6. The van der Waals surface area contributed by atoms with E-state index in [1.807, 2.05) is 32.0 Å². The molecular weight excluding hydrogens is 422 g/mol. The van der Waals surface area contributed by atoms with E-state index in [0.29, 0.717) is 30.8 Å². The maximum absolute atomic E-state index is 12.6. The van der Waals surface area contributed by atoms with Crippen LogP contribution in [0.25, 0.3) is 0 Å². The second-order valence-electron chi connectivity index (χ2n) is 8.34. The van der Waals surface area contributed by atoms with E-state index < -0.39 is 10.0 Å². The molecule has 1 N–H and O–H groups in total. The van der Waals surface area contributed by atoms with Gasteiger partial charge in [-0.05, 0) is 42.5 Å². The van der Waals surface area contributed by atoms with Crippen LogP contribution in [0.2, 0.25) is 0 Å². The average molecular weight is 458 g/mol. The molecule has 0 bridgehead atoms. The molecule has 1 saturated heterocycles. The van der Waals surface area contributed by atoms with Crippen molar-refractivity contribution >= 4 is 15.9 Å². The molecule has 6 nitrogen and oxygen atoms in total. The molecule has 7 heteroatoms. The molecule has 174 valence electrons. The van der Waals surface area contributed by atoms with Crippen LogP contribution >= 0.6 is 0 Å². The Morgan fingerprint density at radius 2 is 1.59 bits per heavy atom.